The predicted octanol–water partition coefficient (Wildman–Crippen LogP) is 1.22. The van der Waals surface area contributed by atoms with Crippen LogP contribution in [0.4, 0.5) is 5.69 Å². The van der Waals surface area contributed by atoms with Gasteiger partial charge in [0, 0.05) is 38.6 Å². The van der Waals surface area contributed by atoms with E-state index >= 15 is 0 Å². The van der Waals surface area contributed by atoms with Crippen LogP contribution in [-0.4, -0.2) is 26.7 Å². The van der Waals surface area contributed by atoms with Crippen LogP contribution in [0.5, 0.6) is 0 Å². The maximum Gasteiger partial charge on any atom is 0.355 e. The summed E-state index contributed by atoms with van der Waals surface area (Å²) in [5.41, 5.74) is 6.73. The normalized spacial score (nSPS) is 10.6. The van der Waals surface area contributed by atoms with E-state index in [1.165, 1.54) is 0 Å². The highest BCUT2D eigenvalue weighted by Gasteiger charge is 2.13. The van der Waals surface area contributed by atoms with Gasteiger partial charge < -0.3 is 19.6 Å². The Hall–Kier alpha value is -2.24. The Kier molecular flexibility index (Phi) is 3.89. The van der Waals surface area contributed by atoms with Crippen molar-refractivity contribution >= 4 is 11.7 Å². The molecule has 19 heavy (non-hydrogen) atoms. The number of rotatable bonds is 5. The van der Waals surface area contributed by atoms with E-state index in [9.17, 15) is 4.79 Å². The van der Waals surface area contributed by atoms with E-state index in [1.807, 2.05) is 24.7 Å². The molecule has 0 aliphatic rings. The van der Waals surface area contributed by atoms with Gasteiger partial charge in [-0.1, -0.05) is 0 Å². The molecule has 2 heterocycles. The minimum atomic E-state index is -0.354. The number of carbonyl (C=O) groups is 1. The molecule has 0 fully saturated rings. The third-order valence-electron chi connectivity index (χ3n) is 2.95. The number of nitrogens with zero attached hydrogens (tertiary/aromatic N) is 3. The van der Waals surface area contributed by atoms with Crippen molar-refractivity contribution in [1.29, 1.82) is 0 Å². The van der Waals surface area contributed by atoms with E-state index in [-0.39, 0.29) is 5.97 Å². The molecule has 0 atom stereocenters. The molecule has 0 aromatic carbocycles. The van der Waals surface area contributed by atoms with Gasteiger partial charge in [-0.15, -0.1) is 0 Å². The number of aromatic nitrogens is 3. The van der Waals surface area contributed by atoms with E-state index in [1.54, 1.807) is 23.0 Å². The fourth-order valence-corrected chi connectivity index (χ4v) is 1.91. The molecule has 0 spiro atoms. The van der Waals surface area contributed by atoms with Crippen molar-refractivity contribution in [3.8, 4) is 0 Å². The van der Waals surface area contributed by atoms with E-state index in [4.69, 9.17) is 10.5 Å². The molecular formula is C13H18N4O2. The maximum atomic E-state index is 11.9. The van der Waals surface area contributed by atoms with Crippen molar-refractivity contribution in [2.24, 2.45) is 7.05 Å². The van der Waals surface area contributed by atoms with Gasteiger partial charge in [0.05, 0.1) is 12.3 Å². The molecular weight excluding hydrogens is 244 g/mol. The minimum Gasteiger partial charge on any atom is -0.461 e. The maximum absolute atomic E-state index is 11.9. The van der Waals surface area contributed by atoms with Crippen molar-refractivity contribution < 1.29 is 9.53 Å². The Morgan fingerprint density at radius 3 is 2.95 bits per heavy atom. The third kappa shape index (κ3) is 2.96. The highest BCUT2D eigenvalue weighted by atomic mass is 16.5. The van der Waals surface area contributed by atoms with Crippen LogP contribution in [0.25, 0.3) is 0 Å². The van der Waals surface area contributed by atoms with E-state index in [2.05, 4.69) is 4.98 Å². The molecule has 2 aromatic heterocycles. The first kappa shape index (κ1) is 13.2. The summed E-state index contributed by atoms with van der Waals surface area (Å²) in [4.78, 5) is 16.1. The monoisotopic (exact) mass is 262 g/mol. The molecule has 0 unspecified atom stereocenters. The molecule has 0 aliphatic carbocycles. The first-order chi connectivity index (χ1) is 9.11. The Morgan fingerprint density at radius 1 is 1.53 bits per heavy atom. The van der Waals surface area contributed by atoms with Crippen molar-refractivity contribution in [3.05, 3.63) is 36.2 Å². The first-order valence-corrected chi connectivity index (χ1v) is 6.20. The Morgan fingerprint density at radius 2 is 2.32 bits per heavy atom. The van der Waals surface area contributed by atoms with Crippen molar-refractivity contribution in [1.82, 2.24) is 14.1 Å². The summed E-state index contributed by atoms with van der Waals surface area (Å²) < 4.78 is 8.92. The fourth-order valence-electron chi connectivity index (χ4n) is 1.91. The lowest BCUT2D eigenvalue weighted by atomic mass is 10.4. The van der Waals surface area contributed by atoms with Crippen LogP contribution in [0.15, 0.2) is 24.7 Å². The van der Waals surface area contributed by atoms with Crippen LogP contribution in [-0.2, 0) is 24.8 Å². The average molecular weight is 262 g/mol. The molecule has 0 aliphatic heterocycles. The minimum absolute atomic E-state index is 0.304. The largest absolute Gasteiger partial charge is 0.461 e. The predicted molar refractivity (Wildman–Crippen MR) is 71.7 cm³/mol. The number of nitrogens with two attached hydrogens (primary N) is 1. The Labute approximate surface area is 111 Å². The summed E-state index contributed by atoms with van der Waals surface area (Å²) in [7, 11) is 1.91. The number of ether oxygens (including phenoxy) is 1. The lowest BCUT2D eigenvalue weighted by molar-refractivity contribution is 0.0494. The highest BCUT2D eigenvalue weighted by Crippen LogP contribution is 2.12. The molecule has 0 radical (unpaired) electrons. The average Bonchev–Trinajstić information content (AvgIpc) is 2.95. The quantitative estimate of drug-likeness (QED) is 0.822. The van der Waals surface area contributed by atoms with Crippen molar-refractivity contribution in [2.45, 2.75) is 19.9 Å². The Bertz CT molecular complexity index is 571. The number of anilines is 1. The van der Waals surface area contributed by atoms with Gasteiger partial charge in [-0.25, -0.2) is 9.78 Å². The zero-order valence-electron chi connectivity index (χ0n) is 11.2. The molecule has 0 saturated carbocycles. The number of imidazole rings is 1. The second-order valence-electron chi connectivity index (χ2n) is 4.28. The summed E-state index contributed by atoms with van der Waals surface area (Å²) in [5.74, 6) is 0.533. The summed E-state index contributed by atoms with van der Waals surface area (Å²) in [6.45, 7) is 2.93. The van der Waals surface area contributed by atoms with E-state index in [0.717, 1.165) is 5.82 Å². The van der Waals surface area contributed by atoms with E-state index < -0.39 is 0 Å². The summed E-state index contributed by atoms with van der Waals surface area (Å²) in [6, 6.07) is 1.63. The molecule has 6 heteroatoms. The van der Waals surface area contributed by atoms with Gasteiger partial charge in [-0.05, 0) is 13.0 Å². The van der Waals surface area contributed by atoms with Crippen LogP contribution in [0, 0.1) is 0 Å². The molecule has 0 amide bonds. The fraction of sp³-hybridized carbons (Fsp3) is 0.385. The molecule has 0 bridgehead atoms. The number of nitrogen functional groups attached to an aromatic ring is 1. The van der Waals surface area contributed by atoms with Crippen molar-refractivity contribution in [3.63, 3.8) is 0 Å². The van der Waals surface area contributed by atoms with Gasteiger partial charge in [0.1, 0.15) is 11.5 Å². The molecule has 0 saturated heterocycles. The zero-order chi connectivity index (χ0) is 13.8. The lowest BCUT2D eigenvalue weighted by Crippen LogP contribution is -2.13. The van der Waals surface area contributed by atoms with Gasteiger partial charge in [0.25, 0.3) is 0 Å². The molecule has 102 valence electrons. The summed E-state index contributed by atoms with van der Waals surface area (Å²) in [5, 5.41) is 0. The van der Waals surface area contributed by atoms with Crippen LogP contribution < -0.4 is 5.73 Å². The molecule has 6 nitrogen and oxygen atoms in total. The standard InChI is InChI=1S/C13H18N4O2/c1-3-17-9-10(14)8-11(17)13(18)19-7-4-12-15-5-6-16(12)2/h5-6,8-9H,3-4,7,14H2,1-2H3. The number of hydrogen-bond donors (Lipinski definition) is 1. The number of hydrogen-bond acceptors (Lipinski definition) is 4. The van der Waals surface area contributed by atoms with Gasteiger partial charge in [-0.2, -0.15) is 0 Å². The number of esters is 1. The zero-order valence-corrected chi connectivity index (χ0v) is 11.2. The summed E-state index contributed by atoms with van der Waals surface area (Å²) >= 11 is 0. The van der Waals surface area contributed by atoms with Gasteiger partial charge in [0.2, 0.25) is 0 Å². The SMILES string of the molecule is CCn1cc(N)cc1C(=O)OCCc1nccn1C. The smallest absolute Gasteiger partial charge is 0.355 e. The molecule has 2 rings (SSSR count). The Balaban J connectivity index is 1.92. The van der Waals surface area contributed by atoms with E-state index in [0.29, 0.717) is 31.0 Å². The van der Waals surface area contributed by atoms with Gasteiger partial charge in [0.15, 0.2) is 0 Å². The van der Waals surface area contributed by atoms with Crippen LogP contribution >= 0.6 is 0 Å². The van der Waals surface area contributed by atoms with Gasteiger partial charge in [-0.3, -0.25) is 0 Å². The molecule has 2 N–H and O–H groups in total. The van der Waals surface area contributed by atoms with Crippen LogP contribution in [0.3, 0.4) is 0 Å². The first-order valence-electron chi connectivity index (χ1n) is 6.20. The third-order valence-corrected chi connectivity index (χ3v) is 2.95. The van der Waals surface area contributed by atoms with Crippen LogP contribution in [0.1, 0.15) is 23.2 Å². The topological polar surface area (TPSA) is 75.1 Å². The second kappa shape index (κ2) is 5.60. The van der Waals surface area contributed by atoms with Crippen LogP contribution in [0.2, 0.25) is 0 Å². The number of aryl methyl sites for hydroxylation is 2. The lowest BCUT2D eigenvalue weighted by Gasteiger charge is -2.07. The summed E-state index contributed by atoms with van der Waals surface area (Å²) in [6.07, 6.45) is 5.91. The van der Waals surface area contributed by atoms with Crippen molar-refractivity contribution in [2.75, 3.05) is 12.3 Å². The molecule has 2 aromatic rings. The number of carbonyl (C=O) groups excluding carboxylic acids is 1. The second-order valence-corrected chi connectivity index (χ2v) is 4.28. The highest BCUT2D eigenvalue weighted by molar-refractivity contribution is 5.89. The van der Waals surface area contributed by atoms with Gasteiger partial charge >= 0.3 is 5.97 Å².